The summed E-state index contributed by atoms with van der Waals surface area (Å²) in [6.07, 6.45) is 1.12. The smallest absolute Gasteiger partial charge is 0.467 e. The molecule has 1 heterocycles. The molecule has 1 aliphatic heterocycles. The molecule has 0 amide bonds. The number of benzene rings is 1. The molecule has 0 saturated carbocycles. The van der Waals surface area contributed by atoms with E-state index in [0.717, 1.165) is 16.9 Å². The van der Waals surface area contributed by atoms with Gasteiger partial charge in [-0.2, -0.15) is 0 Å². The lowest BCUT2D eigenvalue weighted by molar-refractivity contribution is -0.147. The van der Waals surface area contributed by atoms with Crippen molar-refractivity contribution in [3.8, 4) is 5.75 Å². The van der Waals surface area contributed by atoms with Crippen molar-refractivity contribution >= 4 is 26.7 Å². The number of fused-ring (bicyclic) bond motifs is 1. The molecule has 0 N–H and O–H groups in total. The minimum Gasteiger partial charge on any atom is -0.467 e. The fourth-order valence-corrected chi connectivity index (χ4v) is 5.04. The number of hydrogen-bond acceptors (Lipinski definition) is 8. The van der Waals surface area contributed by atoms with E-state index in [-0.39, 0.29) is 12.8 Å². The Balaban J connectivity index is 2.06. The Morgan fingerprint density at radius 3 is 2.23 bits per heavy atom. The monoisotopic (exact) mass is 382 g/mol. The Bertz CT molecular complexity index is 647. The molecule has 1 aromatic carbocycles. The highest BCUT2D eigenvalue weighted by molar-refractivity contribution is 6.65. The van der Waals surface area contributed by atoms with Crippen LogP contribution < -0.4 is 4.74 Å². The molecule has 8 nitrogen and oxygen atoms in total. The van der Waals surface area contributed by atoms with Crippen LogP contribution in [0.4, 0.5) is 0 Å². The molecule has 0 spiro atoms. The largest absolute Gasteiger partial charge is 0.705 e. The van der Waals surface area contributed by atoms with Crippen LogP contribution in [0.1, 0.15) is 38.3 Å². The van der Waals surface area contributed by atoms with E-state index in [1.54, 1.807) is 0 Å². The first-order valence-electron chi connectivity index (χ1n) is 8.21. The summed E-state index contributed by atoms with van der Waals surface area (Å²) in [7, 11) is -3.77. The number of carbonyl (C=O) groups is 3. The average molecular weight is 382 g/mol. The molecule has 9 heteroatoms. The first-order valence-corrected chi connectivity index (χ1v) is 10.1. The van der Waals surface area contributed by atoms with Gasteiger partial charge >= 0.3 is 8.80 Å². The fraction of sp³-hybridized carbons (Fsp3) is 0.471. The van der Waals surface area contributed by atoms with Gasteiger partial charge in [-0.25, -0.2) is 0 Å². The van der Waals surface area contributed by atoms with Gasteiger partial charge in [-0.05, 0) is 30.5 Å². The van der Waals surface area contributed by atoms with Crippen LogP contribution in [0.2, 0.25) is 6.04 Å². The summed E-state index contributed by atoms with van der Waals surface area (Å²) < 4.78 is 26.1. The molecule has 0 atom stereocenters. The van der Waals surface area contributed by atoms with E-state index in [4.69, 9.17) is 22.8 Å². The van der Waals surface area contributed by atoms with Gasteiger partial charge in [0, 0.05) is 26.3 Å². The first-order chi connectivity index (χ1) is 12.3. The van der Waals surface area contributed by atoms with Crippen molar-refractivity contribution in [3.05, 3.63) is 29.3 Å². The SMILES string of the molecule is CC(=O)O[Si](CCCc1ccc2c(c1)COCO2)(OC(C)=O)OC(C)=O. The van der Waals surface area contributed by atoms with E-state index in [1.165, 1.54) is 20.8 Å². The number of rotatable bonds is 7. The van der Waals surface area contributed by atoms with Gasteiger partial charge in [-0.15, -0.1) is 0 Å². The number of hydrogen-bond donors (Lipinski definition) is 0. The van der Waals surface area contributed by atoms with Gasteiger partial charge in [0.05, 0.1) is 12.7 Å². The molecule has 0 unspecified atom stereocenters. The third kappa shape index (κ3) is 5.85. The van der Waals surface area contributed by atoms with Crippen LogP contribution in [0.15, 0.2) is 18.2 Å². The second-order valence-electron chi connectivity index (χ2n) is 5.87. The zero-order valence-corrected chi connectivity index (χ0v) is 16.0. The third-order valence-corrected chi connectivity index (χ3v) is 6.29. The van der Waals surface area contributed by atoms with Crippen molar-refractivity contribution in [2.75, 3.05) is 6.79 Å². The summed E-state index contributed by atoms with van der Waals surface area (Å²) in [6.45, 7) is 4.26. The Labute approximate surface area is 152 Å². The number of aryl methyl sites for hydroxylation is 1. The third-order valence-electron chi connectivity index (χ3n) is 3.53. The Kier molecular flexibility index (Phi) is 6.75. The summed E-state index contributed by atoms with van der Waals surface area (Å²) in [6, 6.07) is 5.93. The van der Waals surface area contributed by atoms with Crippen LogP contribution in [0.25, 0.3) is 0 Å². The Morgan fingerprint density at radius 1 is 1.04 bits per heavy atom. The van der Waals surface area contributed by atoms with Crippen LogP contribution in [-0.2, 0) is 45.4 Å². The molecule has 1 aliphatic rings. The Hall–Kier alpha value is -2.39. The fourth-order valence-electron chi connectivity index (χ4n) is 2.68. The standard InChI is InChI=1S/C17H22O8Si/c1-12(18)23-26(24-13(2)19,25-14(3)20)8-4-5-15-6-7-17-16(9-15)10-21-11-22-17/h6-7,9H,4-5,8,10-11H2,1-3H3. The molecule has 2 rings (SSSR count). The quantitative estimate of drug-likeness (QED) is 0.662. The van der Waals surface area contributed by atoms with E-state index < -0.39 is 26.7 Å². The van der Waals surface area contributed by atoms with Crippen molar-refractivity contribution in [2.24, 2.45) is 0 Å². The lowest BCUT2D eigenvalue weighted by atomic mass is 10.1. The molecule has 0 aromatic heterocycles. The van der Waals surface area contributed by atoms with Gasteiger partial charge in [-0.3, -0.25) is 14.4 Å². The molecule has 0 radical (unpaired) electrons. The summed E-state index contributed by atoms with van der Waals surface area (Å²) in [5.74, 6) is -1.20. The van der Waals surface area contributed by atoms with Gasteiger partial charge < -0.3 is 22.8 Å². The first kappa shape index (κ1) is 19.9. The minimum absolute atomic E-state index is 0.149. The number of ether oxygens (including phenoxy) is 2. The van der Waals surface area contributed by atoms with Crippen LogP contribution in [-0.4, -0.2) is 33.5 Å². The Morgan fingerprint density at radius 2 is 1.65 bits per heavy atom. The van der Waals surface area contributed by atoms with Crippen molar-refractivity contribution in [1.29, 1.82) is 0 Å². The van der Waals surface area contributed by atoms with E-state index in [2.05, 4.69) is 0 Å². The molecule has 1 aromatic rings. The van der Waals surface area contributed by atoms with E-state index >= 15 is 0 Å². The van der Waals surface area contributed by atoms with Crippen LogP contribution >= 0.6 is 0 Å². The summed E-state index contributed by atoms with van der Waals surface area (Å²) in [5.41, 5.74) is 1.98. The van der Waals surface area contributed by atoms with Crippen molar-refractivity contribution < 1.29 is 37.1 Å². The maximum Gasteiger partial charge on any atom is 0.705 e. The summed E-state index contributed by atoms with van der Waals surface area (Å²) in [5, 5.41) is 0. The van der Waals surface area contributed by atoms with Crippen LogP contribution in [0.3, 0.4) is 0 Å². The molecule has 0 fully saturated rings. The van der Waals surface area contributed by atoms with Gasteiger partial charge in [0.25, 0.3) is 17.9 Å². The summed E-state index contributed by atoms with van der Waals surface area (Å²) >= 11 is 0. The molecule has 0 aliphatic carbocycles. The van der Waals surface area contributed by atoms with Crippen molar-refractivity contribution in [3.63, 3.8) is 0 Å². The van der Waals surface area contributed by atoms with E-state index in [0.29, 0.717) is 19.4 Å². The highest BCUT2D eigenvalue weighted by atomic mass is 28.4. The second-order valence-corrected chi connectivity index (χ2v) is 8.35. The topological polar surface area (TPSA) is 97.4 Å². The average Bonchev–Trinajstić information content (AvgIpc) is 2.52. The minimum atomic E-state index is -3.77. The molecule has 0 bridgehead atoms. The van der Waals surface area contributed by atoms with Crippen LogP contribution in [0, 0.1) is 0 Å². The van der Waals surface area contributed by atoms with Gasteiger partial charge in [0.2, 0.25) is 0 Å². The van der Waals surface area contributed by atoms with Crippen molar-refractivity contribution in [1.82, 2.24) is 0 Å². The van der Waals surface area contributed by atoms with Crippen molar-refractivity contribution in [2.45, 2.75) is 46.3 Å². The normalized spacial score (nSPS) is 13.2. The van der Waals surface area contributed by atoms with Crippen LogP contribution in [0.5, 0.6) is 5.75 Å². The predicted octanol–water partition coefficient (Wildman–Crippen LogP) is 2.11. The highest BCUT2D eigenvalue weighted by Gasteiger charge is 2.51. The van der Waals surface area contributed by atoms with Gasteiger partial charge in [0.1, 0.15) is 5.75 Å². The molecule has 142 valence electrons. The lowest BCUT2D eigenvalue weighted by Gasteiger charge is -2.26. The molecule has 0 saturated heterocycles. The van der Waals surface area contributed by atoms with E-state index in [9.17, 15) is 14.4 Å². The van der Waals surface area contributed by atoms with Gasteiger partial charge in [0.15, 0.2) is 6.79 Å². The maximum atomic E-state index is 11.4. The second kappa shape index (κ2) is 8.81. The zero-order valence-electron chi connectivity index (χ0n) is 15.0. The zero-order chi connectivity index (χ0) is 19.2. The lowest BCUT2D eigenvalue weighted by Crippen LogP contribution is -2.49. The molecule has 26 heavy (non-hydrogen) atoms. The molecular formula is C17H22O8Si. The van der Waals surface area contributed by atoms with E-state index in [1.807, 2.05) is 18.2 Å². The summed E-state index contributed by atoms with van der Waals surface area (Å²) in [4.78, 5) is 34.3. The highest BCUT2D eigenvalue weighted by Crippen LogP contribution is 2.26. The molecular weight excluding hydrogens is 360 g/mol. The van der Waals surface area contributed by atoms with Gasteiger partial charge in [-0.1, -0.05) is 6.07 Å². The maximum absolute atomic E-state index is 11.4. The number of carbonyl (C=O) groups excluding carboxylic acids is 3. The predicted molar refractivity (Wildman–Crippen MR) is 90.9 cm³/mol.